The van der Waals surface area contributed by atoms with Gasteiger partial charge in [0.05, 0.1) is 11.1 Å². The third kappa shape index (κ3) is 3.37. The summed E-state index contributed by atoms with van der Waals surface area (Å²) >= 11 is 3.03. The van der Waals surface area contributed by atoms with Crippen LogP contribution in [-0.2, 0) is 12.6 Å². The molecule has 8 heteroatoms. The maximum Gasteiger partial charge on any atom is 0.417 e. The van der Waals surface area contributed by atoms with Crippen molar-refractivity contribution >= 4 is 15.9 Å². The Balaban J connectivity index is 2.39. The van der Waals surface area contributed by atoms with E-state index in [2.05, 4.69) is 31.4 Å². The minimum absolute atomic E-state index is 0.121. The van der Waals surface area contributed by atoms with Crippen LogP contribution >= 0.6 is 15.9 Å². The van der Waals surface area contributed by atoms with E-state index in [9.17, 15) is 13.2 Å². The first-order chi connectivity index (χ1) is 9.41. The second kappa shape index (κ2) is 5.92. The lowest BCUT2D eigenvalue weighted by molar-refractivity contribution is -0.137. The van der Waals surface area contributed by atoms with Crippen molar-refractivity contribution in [2.45, 2.75) is 12.6 Å². The third-order valence-corrected chi connectivity index (χ3v) is 3.07. The van der Waals surface area contributed by atoms with Crippen molar-refractivity contribution in [1.29, 1.82) is 0 Å². The Labute approximate surface area is 121 Å². The van der Waals surface area contributed by atoms with Crippen molar-refractivity contribution < 1.29 is 17.6 Å². The average Bonchev–Trinajstić information content (AvgIpc) is 2.84. The number of nitrogens with one attached hydrogen (secondary N) is 1. The molecule has 4 nitrogen and oxygen atoms in total. The Bertz CT molecular complexity index is 598. The minimum Gasteiger partial charge on any atom is -0.421 e. The van der Waals surface area contributed by atoms with Crippen molar-refractivity contribution in [2.24, 2.45) is 0 Å². The van der Waals surface area contributed by atoms with E-state index >= 15 is 0 Å². The summed E-state index contributed by atoms with van der Waals surface area (Å²) in [6.07, 6.45) is -4.03. The molecule has 0 bridgehead atoms. The van der Waals surface area contributed by atoms with E-state index in [1.807, 2.05) is 0 Å². The minimum atomic E-state index is -4.49. The standard InChI is InChI=1S/C12H11BrF3N3O/c1-17-5-4-10-18-19-11(20-10)8-3-2-7(13)6-9(8)12(14,15)16/h2-3,6,17H,4-5H2,1H3. The highest BCUT2D eigenvalue weighted by atomic mass is 79.9. The van der Waals surface area contributed by atoms with Gasteiger partial charge in [-0.05, 0) is 25.2 Å². The number of aromatic nitrogens is 2. The highest BCUT2D eigenvalue weighted by molar-refractivity contribution is 9.10. The Hall–Kier alpha value is -1.41. The smallest absolute Gasteiger partial charge is 0.417 e. The fourth-order valence-corrected chi connectivity index (χ4v) is 1.99. The number of benzene rings is 1. The van der Waals surface area contributed by atoms with Crippen LogP contribution < -0.4 is 5.32 Å². The van der Waals surface area contributed by atoms with Crippen LogP contribution in [0.1, 0.15) is 11.5 Å². The molecule has 2 aromatic rings. The van der Waals surface area contributed by atoms with Gasteiger partial charge in [0.15, 0.2) is 0 Å². The summed E-state index contributed by atoms with van der Waals surface area (Å²) in [5.74, 6) is 0.168. The number of likely N-dealkylation sites (N-methyl/N-ethyl adjacent to an activating group) is 1. The Morgan fingerprint density at radius 2 is 2.05 bits per heavy atom. The number of hydrogen-bond donors (Lipinski definition) is 1. The van der Waals surface area contributed by atoms with Crippen LogP contribution in [-0.4, -0.2) is 23.8 Å². The van der Waals surface area contributed by atoms with E-state index in [0.29, 0.717) is 23.3 Å². The number of alkyl halides is 3. The first kappa shape index (κ1) is 15.0. The van der Waals surface area contributed by atoms with Gasteiger partial charge in [-0.15, -0.1) is 10.2 Å². The number of nitrogens with zero attached hydrogens (tertiary/aromatic N) is 2. The zero-order valence-electron chi connectivity index (χ0n) is 10.5. The van der Waals surface area contributed by atoms with Crippen LogP contribution in [0.25, 0.3) is 11.5 Å². The van der Waals surface area contributed by atoms with Gasteiger partial charge in [0.2, 0.25) is 11.8 Å². The predicted molar refractivity (Wildman–Crippen MR) is 70.1 cm³/mol. The Morgan fingerprint density at radius 3 is 2.70 bits per heavy atom. The lowest BCUT2D eigenvalue weighted by atomic mass is 10.1. The molecule has 0 amide bonds. The summed E-state index contributed by atoms with van der Waals surface area (Å²) in [7, 11) is 1.76. The molecule has 1 heterocycles. The second-order valence-electron chi connectivity index (χ2n) is 4.04. The van der Waals surface area contributed by atoms with Gasteiger partial charge in [0.1, 0.15) is 0 Å². The first-order valence-corrected chi connectivity index (χ1v) is 6.55. The Morgan fingerprint density at radius 1 is 1.30 bits per heavy atom. The molecule has 0 fully saturated rings. The van der Waals surface area contributed by atoms with Crippen LogP contribution in [0.2, 0.25) is 0 Å². The van der Waals surface area contributed by atoms with Crippen LogP contribution in [0.15, 0.2) is 27.1 Å². The third-order valence-electron chi connectivity index (χ3n) is 2.57. The van der Waals surface area contributed by atoms with Gasteiger partial charge in [0, 0.05) is 17.4 Å². The summed E-state index contributed by atoms with van der Waals surface area (Å²) < 4.78 is 44.6. The molecule has 2 rings (SSSR count). The molecule has 0 saturated carbocycles. The molecule has 20 heavy (non-hydrogen) atoms. The van der Waals surface area contributed by atoms with E-state index < -0.39 is 11.7 Å². The summed E-state index contributed by atoms with van der Waals surface area (Å²) in [5, 5.41) is 10.3. The quantitative estimate of drug-likeness (QED) is 0.920. The highest BCUT2D eigenvalue weighted by Gasteiger charge is 2.35. The summed E-state index contributed by atoms with van der Waals surface area (Å²) in [6, 6.07) is 3.80. The summed E-state index contributed by atoms with van der Waals surface area (Å²) in [4.78, 5) is 0. The highest BCUT2D eigenvalue weighted by Crippen LogP contribution is 2.38. The lowest BCUT2D eigenvalue weighted by Gasteiger charge is -2.10. The predicted octanol–water partition coefficient (Wildman–Crippen LogP) is 3.28. The SMILES string of the molecule is CNCCc1nnc(-c2ccc(Br)cc2C(F)(F)F)o1. The van der Waals surface area contributed by atoms with Crippen molar-refractivity contribution in [1.82, 2.24) is 15.5 Å². The van der Waals surface area contributed by atoms with E-state index in [4.69, 9.17) is 4.42 Å². The first-order valence-electron chi connectivity index (χ1n) is 5.76. The molecule has 0 atom stereocenters. The van der Waals surface area contributed by atoms with Gasteiger partial charge >= 0.3 is 6.18 Å². The van der Waals surface area contributed by atoms with E-state index in [0.717, 1.165) is 6.07 Å². The normalized spacial score (nSPS) is 11.8. The van der Waals surface area contributed by atoms with Crippen molar-refractivity contribution in [2.75, 3.05) is 13.6 Å². The molecule has 0 unspecified atom stereocenters. The topological polar surface area (TPSA) is 51.0 Å². The maximum atomic E-state index is 13.0. The monoisotopic (exact) mass is 349 g/mol. The van der Waals surface area contributed by atoms with Gasteiger partial charge in [-0.25, -0.2) is 0 Å². The van der Waals surface area contributed by atoms with Crippen molar-refractivity contribution in [3.05, 3.63) is 34.1 Å². The number of hydrogen-bond acceptors (Lipinski definition) is 4. The van der Waals surface area contributed by atoms with Crippen LogP contribution in [0.3, 0.4) is 0 Å². The summed E-state index contributed by atoms with van der Waals surface area (Å²) in [6.45, 7) is 0.605. The van der Waals surface area contributed by atoms with Crippen LogP contribution in [0, 0.1) is 0 Å². The molecule has 108 valence electrons. The van der Waals surface area contributed by atoms with Crippen molar-refractivity contribution in [3.63, 3.8) is 0 Å². The lowest BCUT2D eigenvalue weighted by Crippen LogP contribution is -2.10. The zero-order valence-corrected chi connectivity index (χ0v) is 12.0. The van der Waals surface area contributed by atoms with Gasteiger partial charge in [-0.3, -0.25) is 0 Å². The molecular weight excluding hydrogens is 339 g/mol. The maximum absolute atomic E-state index is 13.0. The average molecular weight is 350 g/mol. The molecule has 0 aliphatic heterocycles. The van der Waals surface area contributed by atoms with Crippen molar-refractivity contribution in [3.8, 4) is 11.5 Å². The Kier molecular flexibility index (Phi) is 4.44. The van der Waals surface area contributed by atoms with E-state index in [1.54, 1.807) is 7.05 Å². The molecule has 0 radical (unpaired) electrons. The zero-order chi connectivity index (χ0) is 14.8. The molecule has 0 aliphatic carbocycles. The number of rotatable bonds is 4. The van der Waals surface area contributed by atoms with Gasteiger partial charge in [0.25, 0.3) is 0 Å². The molecular formula is C12H11BrF3N3O. The molecule has 1 N–H and O–H groups in total. The van der Waals surface area contributed by atoms with Gasteiger partial charge in [-0.2, -0.15) is 13.2 Å². The fraction of sp³-hybridized carbons (Fsp3) is 0.333. The van der Waals surface area contributed by atoms with E-state index in [-0.39, 0.29) is 11.5 Å². The van der Waals surface area contributed by atoms with Gasteiger partial charge in [-0.1, -0.05) is 15.9 Å². The largest absolute Gasteiger partial charge is 0.421 e. The summed E-state index contributed by atoms with van der Waals surface area (Å²) in [5.41, 5.74) is -0.931. The van der Waals surface area contributed by atoms with Crippen LogP contribution in [0.4, 0.5) is 13.2 Å². The second-order valence-corrected chi connectivity index (χ2v) is 4.96. The fourth-order valence-electron chi connectivity index (χ4n) is 1.63. The van der Waals surface area contributed by atoms with Gasteiger partial charge < -0.3 is 9.73 Å². The molecule has 1 aromatic heterocycles. The van der Waals surface area contributed by atoms with E-state index in [1.165, 1.54) is 12.1 Å². The number of halogens is 4. The van der Waals surface area contributed by atoms with Crippen LogP contribution in [0.5, 0.6) is 0 Å². The molecule has 1 aromatic carbocycles. The molecule has 0 spiro atoms. The molecule has 0 aliphatic rings. The molecule has 0 saturated heterocycles.